The number of rotatable bonds is 6. The van der Waals surface area contributed by atoms with Crippen LogP contribution in [0.5, 0.6) is 5.75 Å². The number of ether oxygens (including phenoxy) is 1. The molecule has 0 radical (unpaired) electrons. The molecule has 0 amide bonds. The van der Waals surface area contributed by atoms with Gasteiger partial charge in [-0.3, -0.25) is 9.36 Å². The van der Waals surface area contributed by atoms with Crippen molar-refractivity contribution in [2.24, 2.45) is 0 Å². The van der Waals surface area contributed by atoms with E-state index >= 15 is 0 Å². The Labute approximate surface area is 155 Å². The van der Waals surface area contributed by atoms with Crippen LogP contribution in [0.15, 0.2) is 78.3 Å². The summed E-state index contributed by atoms with van der Waals surface area (Å²) in [6.07, 6.45) is 2.67. The van der Waals surface area contributed by atoms with Gasteiger partial charge in [0, 0.05) is 17.1 Å². The fourth-order valence-corrected chi connectivity index (χ4v) is 3.53. The van der Waals surface area contributed by atoms with E-state index in [1.165, 1.54) is 11.3 Å². The number of hydrogen-bond acceptors (Lipinski definition) is 4. The third kappa shape index (κ3) is 3.30. The zero-order valence-electron chi connectivity index (χ0n) is 13.9. The van der Waals surface area contributed by atoms with E-state index < -0.39 is 0 Å². The van der Waals surface area contributed by atoms with Crippen molar-refractivity contribution in [3.8, 4) is 22.1 Å². The van der Waals surface area contributed by atoms with E-state index in [0.717, 1.165) is 34.0 Å². The molecule has 2 heterocycles. The fourth-order valence-electron chi connectivity index (χ4n) is 2.70. The third-order valence-corrected chi connectivity index (χ3v) is 4.84. The number of aldehydes is 1. The van der Waals surface area contributed by atoms with E-state index in [9.17, 15) is 4.79 Å². The number of aromatic nitrogens is 2. The maximum absolute atomic E-state index is 11.1. The molecule has 0 aliphatic carbocycles. The van der Waals surface area contributed by atoms with Crippen LogP contribution in [0.2, 0.25) is 0 Å². The molecule has 4 nitrogen and oxygen atoms in total. The molecule has 2 aromatic heterocycles. The fraction of sp³-hybridized carbons (Fsp3) is 0.0476. The highest BCUT2D eigenvalue weighted by molar-refractivity contribution is 7.12. The number of benzene rings is 2. The number of nitrogens with zero attached hydrogens (tertiary/aromatic N) is 2. The van der Waals surface area contributed by atoms with Crippen molar-refractivity contribution in [1.29, 1.82) is 0 Å². The molecule has 4 rings (SSSR count). The van der Waals surface area contributed by atoms with E-state index in [1.807, 2.05) is 72.2 Å². The number of para-hydroxylation sites is 1. The van der Waals surface area contributed by atoms with Gasteiger partial charge in [0.2, 0.25) is 0 Å². The van der Waals surface area contributed by atoms with Crippen LogP contribution in [0.1, 0.15) is 16.1 Å². The molecule has 26 heavy (non-hydrogen) atoms. The van der Waals surface area contributed by atoms with E-state index in [2.05, 4.69) is 4.98 Å². The number of carbonyl (C=O) groups is 1. The highest BCUT2D eigenvalue weighted by atomic mass is 32.1. The molecule has 0 atom stereocenters. The van der Waals surface area contributed by atoms with Gasteiger partial charge in [-0.15, -0.1) is 11.3 Å². The van der Waals surface area contributed by atoms with Crippen molar-refractivity contribution in [3.05, 3.63) is 89.6 Å². The molecule has 0 fully saturated rings. The van der Waals surface area contributed by atoms with Crippen molar-refractivity contribution in [2.45, 2.75) is 6.61 Å². The van der Waals surface area contributed by atoms with Crippen LogP contribution < -0.4 is 4.74 Å². The predicted molar refractivity (Wildman–Crippen MR) is 103 cm³/mol. The SMILES string of the molecule is O=Cc1cccn1-c1nc(-c2ccccc2OCc2ccccc2)cs1. The molecular weight excluding hydrogens is 344 g/mol. The van der Waals surface area contributed by atoms with E-state index in [4.69, 9.17) is 4.74 Å². The molecule has 2 aromatic carbocycles. The van der Waals surface area contributed by atoms with Gasteiger partial charge in [-0.05, 0) is 29.8 Å². The second kappa shape index (κ2) is 7.37. The lowest BCUT2D eigenvalue weighted by atomic mass is 10.1. The van der Waals surface area contributed by atoms with Crippen molar-refractivity contribution >= 4 is 17.6 Å². The summed E-state index contributed by atoms with van der Waals surface area (Å²) in [5.74, 6) is 0.788. The Kier molecular flexibility index (Phi) is 4.62. The molecule has 4 aromatic rings. The van der Waals surface area contributed by atoms with Crippen molar-refractivity contribution in [2.75, 3.05) is 0 Å². The van der Waals surface area contributed by atoms with Gasteiger partial charge in [-0.1, -0.05) is 42.5 Å². The molecule has 0 bridgehead atoms. The van der Waals surface area contributed by atoms with Crippen molar-refractivity contribution in [1.82, 2.24) is 9.55 Å². The van der Waals surface area contributed by atoms with E-state index in [1.54, 1.807) is 10.6 Å². The van der Waals surface area contributed by atoms with Gasteiger partial charge in [-0.2, -0.15) is 0 Å². The van der Waals surface area contributed by atoms with Gasteiger partial charge >= 0.3 is 0 Å². The minimum atomic E-state index is 0.502. The Morgan fingerprint density at radius 2 is 1.81 bits per heavy atom. The minimum Gasteiger partial charge on any atom is -0.488 e. The van der Waals surface area contributed by atoms with E-state index in [-0.39, 0.29) is 0 Å². The Hall–Kier alpha value is -3.18. The Morgan fingerprint density at radius 1 is 1.00 bits per heavy atom. The Balaban J connectivity index is 1.61. The maximum atomic E-state index is 11.1. The van der Waals surface area contributed by atoms with Crippen LogP contribution in [-0.2, 0) is 6.61 Å². The molecule has 0 aliphatic heterocycles. The lowest BCUT2D eigenvalue weighted by Gasteiger charge is -2.10. The summed E-state index contributed by atoms with van der Waals surface area (Å²) in [4.78, 5) is 15.8. The topological polar surface area (TPSA) is 44.1 Å². The Bertz CT molecular complexity index is 1020. The van der Waals surface area contributed by atoms with Gasteiger partial charge in [-0.25, -0.2) is 4.98 Å². The third-order valence-electron chi connectivity index (χ3n) is 4.00. The highest BCUT2D eigenvalue weighted by Crippen LogP contribution is 2.32. The number of carbonyl (C=O) groups excluding carboxylic acids is 1. The summed E-state index contributed by atoms with van der Waals surface area (Å²) in [6.45, 7) is 0.502. The lowest BCUT2D eigenvalue weighted by Crippen LogP contribution is -1.98. The summed E-state index contributed by atoms with van der Waals surface area (Å²) in [7, 11) is 0. The first-order chi connectivity index (χ1) is 12.8. The molecule has 5 heteroatoms. The zero-order chi connectivity index (χ0) is 17.8. The molecule has 0 saturated heterocycles. The van der Waals surface area contributed by atoms with Gasteiger partial charge in [0.1, 0.15) is 12.4 Å². The van der Waals surface area contributed by atoms with Crippen LogP contribution in [0.25, 0.3) is 16.4 Å². The summed E-state index contributed by atoms with van der Waals surface area (Å²) in [5.41, 5.74) is 3.47. The average Bonchev–Trinajstić information content (AvgIpc) is 3.36. The first-order valence-corrected chi connectivity index (χ1v) is 9.07. The van der Waals surface area contributed by atoms with Gasteiger partial charge < -0.3 is 4.74 Å². The second-order valence-corrected chi connectivity index (χ2v) is 6.54. The van der Waals surface area contributed by atoms with E-state index in [0.29, 0.717) is 12.3 Å². The number of hydrogen-bond donors (Lipinski definition) is 0. The van der Waals surface area contributed by atoms with Crippen LogP contribution in [0.3, 0.4) is 0 Å². The van der Waals surface area contributed by atoms with Gasteiger partial charge in [0.25, 0.3) is 0 Å². The van der Waals surface area contributed by atoms with Crippen molar-refractivity contribution < 1.29 is 9.53 Å². The normalized spacial score (nSPS) is 10.6. The van der Waals surface area contributed by atoms with Crippen molar-refractivity contribution in [3.63, 3.8) is 0 Å². The number of thiazole rings is 1. The predicted octanol–water partition coefficient (Wildman–Crippen LogP) is 4.99. The quantitative estimate of drug-likeness (QED) is 0.455. The lowest BCUT2D eigenvalue weighted by molar-refractivity contribution is 0.111. The maximum Gasteiger partial charge on any atom is 0.194 e. The summed E-state index contributed by atoms with van der Waals surface area (Å²) >= 11 is 1.49. The minimum absolute atomic E-state index is 0.502. The van der Waals surface area contributed by atoms with Crippen LogP contribution in [-0.4, -0.2) is 15.8 Å². The molecule has 0 unspecified atom stereocenters. The highest BCUT2D eigenvalue weighted by Gasteiger charge is 2.12. The smallest absolute Gasteiger partial charge is 0.194 e. The van der Waals surface area contributed by atoms with Crippen LogP contribution in [0, 0.1) is 0 Å². The first kappa shape index (κ1) is 16.3. The standard InChI is InChI=1S/C21H16N2O2S/c24-13-17-9-6-12-23(17)21-22-19(15-26-21)18-10-4-5-11-20(18)25-14-16-7-2-1-3-8-16/h1-13,15H,14H2. The molecule has 0 saturated carbocycles. The monoisotopic (exact) mass is 360 g/mol. The molecule has 128 valence electrons. The van der Waals surface area contributed by atoms with Gasteiger partial charge in [0.05, 0.1) is 11.4 Å². The first-order valence-electron chi connectivity index (χ1n) is 8.20. The molecular formula is C21H16N2O2S. The molecule has 0 aliphatic rings. The Morgan fingerprint density at radius 3 is 2.65 bits per heavy atom. The zero-order valence-corrected chi connectivity index (χ0v) is 14.7. The largest absolute Gasteiger partial charge is 0.488 e. The second-order valence-electron chi connectivity index (χ2n) is 5.71. The summed E-state index contributed by atoms with van der Waals surface area (Å²) in [6, 6.07) is 21.5. The van der Waals surface area contributed by atoms with Crippen LogP contribution in [0.4, 0.5) is 0 Å². The average molecular weight is 360 g/mol. The summed E-state index contributed by atoms with van der Waals surface area (Å²) < 4.78 is 7.81. The molecule has 0 N–H and O–H groups in total. The van der Waals surface area contributed by atoms with Crippen LogP contribution >= 0.6 is 11.3 Å². The summed E-state index contributed by atoms with van der Waals surface area (Å²) in [5, 5.41) is 2.74. The van der Waals surface area contributed by atoms with Gasteiger partial charge in [0.15, 0.2) is 11.4 Å². The molecule has 0 spiro atoms.